The minimum atomic E-state index is -0.424. The summed E-state index contributed by atoms with van der Waals surface area (Å²) in [7, 11) is 0. The second-order valence-electron chi connectivity index (χ2n) is 3.68. The van der Waals surface area contributed by atoms with E-state index in [9.17, 15) is 4.39 Å². The molecule has 0 saturated carbocycles. The number of aromatic amines is 1. The Kier molecular flexibility index (Phi) is 2.56. The third-order valence-corrected chi connectivity index (χ3v) is 2.86. The van der Waals surface area contributed by atoms with Gasteiger partial charge in [0.15, 0.2) is 4.77 Å². The van der Waals surface area contributed by atoms with Gasteiger partial charge in [-0.3, -0.25) is 0 Å². The lowest BCUT2D eigenvalue weighted by molar-refractivity contribution is 0.603. The van der Waals surface area contributed by atoms with E-state index in [-0.39, 0.29) is 11.1 Å². The van der Waals surface area contributed by atoms with Gasteiger partial charge in [0, 0.05) is 12.1 Å². The minimum Gasteiger partial charge on any atom is -0.331 e. The Balaban J connectivity index is 2.88. The van der Waals surface area contributed by atoms with Crippen molar-refractivity contribution in [2.45, 2.75) is 19.9 Å². The van der Waals surface area contributed by atoms with Crippen molar-refractivity contribution < 1.29 is 4.39 Å². The van der Waals surface area contributed by atoms with E-state index >= 15 is 0 Å². The van der Waals surface area contributed by atoms with Gasteiger partial charge >= 0.3 is 0 Å². The van der Waals surface area contributed by atoms with E-state index in [1.165, 1.54) is 6.07 Å². The first kappa shape index (κ1) is 10.6. The second kappa shape index (κ2) is 3.61. The number of imidazole rings is 1. The average Bonchev–Trinajstić information content (AvgIpc) is 2.41. The average molecular weight is 245 g/mol. The third kappa shape index (κ3) is 1.68. The molecule has 0 atom stereocenters. The van der Waals surface area contributed by atoms with Crippen LogP contribution < -0.4 is 0 Å². The maximum Gasteiger partial charge on any atom is 0.178 e. The van der Waals surface area contributed by atoms with Gasteiger partial charge in [-0.2, -0.15) is 0 Å². The highest BCUT2D eigenvalue weighted by Gasteiger charge is 2.10. The lowest BCUT2D eigenvalue weighted by Gasteiger charge is -2.08. The molecular weight excluding hydrogens is 235 g/mol. The highest BCUT2D eigenvalue weighted by atomic mass is 35.5. The van der Waals surface area contributed by atoms with Crippen molar-refractivity contribution >= 4 is 34.9 Å². The molecule has 0 aliphatic rings. The number of nitrogens with one attached hydrogen (secondary N) is 1. The number of rotatable bonds is 1. The molecule has 5 heteroatoms. The van der Waals surface area contributed by atoms with Gasteiger partial charge in [-0.1, -0.05) is 11.6 Å². The van der Waals surface area contributed by atoms with E-state index in [1.807, 2.05) is 18.4 Å². The van der Waals surface area contributed by atoms with Gasteiger partial charge in [-0.15, -0.1) is 0 Å². The van der Waals surface area contributed by atoms with Crippen molar-refractivity contribution in [1.82, 2.24) is 9.55 Å². The molecule has 15 heavy (non-hydrogen) atoms. The summed E-state index contributed by atoms with van der Waals surface area (Å²) < 4.78 is 15.8. The number of nitrogens with zero attached hydrogens (tertiary/aromatic N) is 1. The quantitative estimate of drug-likeness (QED) is 0.750. The minimum absolute atomic E-state index is 0.106. The van der Waals surface area contributed by atoms with Gasteiger partial charge in [0.2, 0.25) is 0 Å². The normalized spacial score (nSPS) is 11.5. The molecule has 0 aliphatic heterocycles. The maximum atomic E-state index is 13.3. The van der Waals surface area contributed by atoms with E-state index in [2.05, 4.69) is 4.98 Å². The Morgan fingerprint density at radius 2 is 2.13 bits per heavy atom. The van der Waals surface area contributed by atoms with Crippen molar-refractivity contribution in [1.29, 1.82) is 0 Å². The molecule has 0 bridgehead atoms. The monoisotopic (exact) mass is 244 g/mol. The standard InChI is InChI=1S/C10H10ClFN2S/c1-5(2)14-9-4-7(12)6(11)3-8(9)13-10(14)15/h3-5H,1-2H3,(H,13,15). The Morgan fingerprint density at radius 1 is 1.47 bits per heavy atom. The molecule has 0 unspecified atom stereocenters. The van der Waals surface area contributed by atoms with Crippen LogP contribution >= 0.6 is 23.8 Å². The SMILES string of the molecule is CC(C)n1c(=S)[nH]c2cc(Cl)c(F)cc21. The fraction of sp³-hybridized carbons (Fsp3) is 0.300. The largest absolute Gasteiger partial charge is 0.331 e. The molecule has 0 aliphatic carbocycles. The van der Waals surface area contributed by atoms with Gasteiger partial charge < -0.3 is 9.55 Å². The highest BCUT2D eigenvalue weighted by molar-refractivity contribution is 7.71. The Labute approximate surface area is 96.7 Å². The van der Waals surface area contributed by atoms with Crippen LogP contribution in [0.15, 0.2) is 12.1 Å². The molecule has 0 spiro atoms. The zero-order valence-electron chi connectivity index (χ0n) is 8.34. The summed E-state index contributed by atoms with van der Waals surface area (Å²) in [6.07, 6.45) is 0. The number of H-pyrrole nitrogens is 1. The highest BCUT2D eigenvalue weighted by Crippen LogP contribution is 2.24. The van der Waals surface area contributed by atoms with Gasteiger partial charge in [0.25, 0.3) is 0 Å². The molecule has 1 aromatic carbocycles. The van der Waals surface area contributed by atoms with E-state index < -0.39 is 5.82 Å². The first-order valence-corrected chi connectivity index (χ1v) is 5.38. The smallest absolute Gasteiger partial charge is 0.178 e. The van der Waals surface area contributed by atoms with E-state index in [4.69, 9.17) is 23.8 Å². The molecule has 2 nitrogen and oxygen atoms in total. The summed E-state index contributed by atoms with van der Waals surface area (Å²) in [5.41, 5.74) is 1.51. The molecule has 80 valence electrons. The fourth-order valence-electron chi connectivity index (χ4n) is 1.63. The Hall–Kier alpha value is -0.870. The first-order valence-electron chi connectivity index (χ1n) is 4.60. The van der Waals surface area contributed by atoms with Gasteiger partial charge in [0.1, 0.15) is 5.82 Å². The predicted octanol–water partition coefficient (Wildman–Crippen LogP) is 4.07. The molecule has 2 aromatic rings. The fourth-order valence-corrected chi connectivity index (χ4v) is 2.22. The van der Waals surface area contributed by atoms with Gasteiger partial charge in [0.05, 0.1) is 16.1 Å². The van der Waals surface area contributed by atoms with Crippen LogP contribution in [0.2, 0.25) is 5.02 Å². The molecule has 2 rings (SSSR count). The predicted molar refractivity (Wildman–Crippen MR) is 62.5 cm³/mol. The van der Waals surface area contributed by atoms with Crippen LogP contribution in [-0.4, -0.2) is 9.55 Å². The molecule has 0 amide bonds. The summed E-state index contributed by atoms with van der Waals surface area (Å²) in [5.74, 6) is -0.424. The van der Waals surface area contributed by atoms with Crippen LogP contribution in [0.4, 0.5) is 4.39 Å². The number of halogens is 2. The van der Waals surface area contributed by atoms with E-state index in [0.29, 0.717) is 4.77 Å². The Bertz CT molecular complexity index is 571. The maximum absolute atomic E-state index is 13.3. The lowest BCUT2D eigenvalue weighted by atomic mass is 10.3. The molecule has 0 fully saturated rings. The molecular formula is C10H10ClFN2S. The summed E-state index contributed by atoms with van der Waals surface area (Å²) in [6.45, 7) is 3.99. The molecule has 1 N–H and O–H groups in total. The molecule has 0 radical (unpaired) electrons. The van der Waals surface area contributed by atoms with Crippen LogP contribution in [0, 0.1) is 10.6 Å². The Morgan fingerprint density at radius 3 is 2.73 bits per heavy atom. The molecule has 1 aromatic heterocycles. The van der Waals surface area contributed by atoms with E-state index in [0.717, 1.165) is 11.0 Å². The van der Waals surface area contributed by atoms with Crippen LogP contribution in [0.25, 0.3) is 11.0 Å². The van der Waals surface area contributed by atoms with Crippen LogP contribution in [0.3, 0.4) is 0 Å². The lowest BCUT2D eigenvalue weighted by Crippen LogP contribution is -2.00. The zero-order valence-corrected chi connectivity index (χ0v) is 9.92. The van der Waals surface area contributed by atoms with E-state index in [1.54, 1.807) is 6.07 Å². The second-order valence-corrected chi connectivity index (χ2v) is 4.47. The first-order chi connectivity index (χ1) is 7.00. The number of aromatic nitrogens is 2. The molecule has 1 heterocycles. The summed E-state index contributed by atoms with van der Waals surface area (Å²) in [5, 5.41) is 0.106. The van der Waals surface area contributed by atoms with Crippen LogP contribution in [0.1, 0.15) is 19.9 Å². The number of hydrogen-bond donors (Lipinski definition) is 1. The van der Waals surface area contributed by atoms with Gasteiger partial charge in [-0.25, -0.2) is 4.39 Å². The zero-order chi connectivity index (χ0) is 11.2. The number of benzene rings is 1. The number of fused-ring (bicyclic) bond motifs is 1. The topological polar surface area (TPSA) is 20.7 Å². The number of hydrogen-bond acceptors (Lipinski definition) is 1. The van der Waals surface area contributed by atoms with Gasteiger partial charge in [-0.05, 0) is 32.1 Å². The van der Waals surface area contributed by atoms with Crippen molar-refractivity contribution in [3.63, 3.8) is 0 Å². The van der Waals surface area contributed by atoms with Crippen LogP contribution in [-0.2, 0) is 0 Å². The summed E-state index contributed by atoms with van der Waals surface area (Å²) in [6, 6.07) is 3.15. The molecule has 0 saturated heterocycles. The van der Waals surface area contributed by atoms with Crippen molar-refractivity contribution in [2.75, 3.05) is 0 Å². The summed E-state index contributed by atoms with van der Waals surface area (Å²) in [4.78, 5) is 3.00. The van der Waals surface area contributed by atoms with Crippen molar-refractivity contribution in [3.8, 4) is 0 Å². The van der Waals surface area contributed by atoms with Crippen LogP contribution in [0.5, 0.6) is 0 Å². The van der Waals surface area contributed by atoms with Crippen molar-refractivity contribution in [2.24, 2.45) is 0 Å². The summed E-state index contributed by atoms with van der Waals surface area (Å²) >= 11 is 10.8. The van der Waals surface area contributed by atoms with Crippen molar-refractivity contribution in [3.05, 3.63) is 27.7 Å². The third-order valence-electron chi connectivity index (χ3n) is 2.27.